The number of nitrogens with one attached hydrogen (secondary N) is 2. The molecule has 2 N–H and O–H groups in total. The summed E-state index contributed by atoms with van der Waals surface area (Å²) in [4.78, 5) is 11.5. The molecule has 0 fully saturated rings. The van der Waals surface area contributed by atoms with Crippen LogP contribution >= 0.6 is 0 Å². The Balaban J connectivity index is 2.19. The number of fused-ring (bicyclic) bond motifs is 1. The summed E-state index contributed by atoms with van der Waals surface area (Å²) in [5.74, 6) is 0.0204. The van der Waals surface area contributed by atoms with Gasteiger partial charge in [-0.25, -0.2) is 0 Å². The van der Waals surface area contributed by atoms with E-state index in [2.05, 4.69) is 35.8 Å². The lowest BCUT2D eigenvalue weighted by molar-refractivity contribution is -0.121. The third kappa shape index (κ3) is 3.35. The SMILES string of the molecule is CCCNCc1ccc2ccn(CC(=O)NC)c2c1. The average molecular weight is 259 g/mol. The molecule has 0 saturated carbocycles. The highest BCUT2D eigenvalue weighted by atomic mass is 16.1. The molecule has 2 rings (SSSR count). The Hall–Kier alpha value is -1.81. The summed E-state index contributed by atoms with van der Waals surface area (Å²) in [5, 5.41) is 7.21. The number of hydrogen-bond acceptors (Lipinski definition) is 2. The van der Waals surface area contributed by atoms with Crippen LogP contribution in [0.1, 0.15) is 18.9 Å². The zero-order valence-corrected chi connectivity index (χ0v) is 11.6. The van der Waals surface area contributed by atoms with E-state index in [0.717, 1.165) is 25.0 Å². The number of aromatic nitrogens is 1. The fourth-order valence-corrected chi connectivity index (χ4v) is 2.12. The fourth-order valence-electron chi connectivity index (χ4n) is 2.12. The molecule has 0 aliphatic rings. The molecule has 4 nitrogen and oxygen atoms in total. The van der Waals surface area contributed by atoms with E-state index in [-0.39, 0.29) is 5.91 Å². The second kappa shape index (κ2) is 6.38. The minimum Gasteiger partial charge on any atom is -0.358 e. The van der Waals surface area contributed by atoms with Gasteiger partial charge in [-0.1, -0.05) is 19.1 Å². The van der Waals surface area contributed by atoms with Gasteiger partial charge in [-0.15, -0.1) is 0 Å². The zero-order chi connectivity index (χ0) is 13.7. The number of hydrogen-bond donors (Lipinski definition) is 2. The Morgan fingerprint density at radius 1 is 1.32 bits per heavy atom. The van der Waals surface area contributed by atoms with Crippen LogP contribution < -0.4 is 10.6 Å². The predicted molar refractivity (Wildman–Crippen MR) is 78.0 cm³/mol. The van der Waals surface area contributed by atoms with Crippen molar-refractivity contribution in [3.8, 4) is 0 Å². The molecule has 19 heavy (non-hydrogen) atoms. The van der Waals surface area contributed by atoms with Gasteiger partial charge >= 0.3 is 0 Å². The maximum atomic E-state index is 11.5. The number of amides is 1. The zero-order valence-electron chi connectivity index (χ0n) is 11.6. The lowest BCUT2D eigenvalue weighted by atomic mass is 10.1. The Morgan fingerprint density at radius 3 is 2.89 bits per heavy atom. The van der Waals surface area contributed by atoms with Gasteiger partial charge in [0.1, 0.15) is 6.54 Å². The van der Waals surface area contributed by atoms with Gasteiger partial charge in [-0.05, 0) is 36.0 Å². The molecule has 0 atom stereocenters. The summed E-state index contributed by atoms with van der Waals surface area (Å²) >= 11 is 0. The van der Waals surface area contributed by atoms with Crippen LogP contribution in [0.2, 0.25) is 0 Å². The molecule has 0 saturated heterocycles. The van der Waals surface area contributed by atoms with Gasteiger partial charge in [0.05, 0.1) is 0 Å². The van der Waals surface area contributed by atoms with Crippen LogP contribution in [0.15, 0.2) is 30.5 Å². The highest BCUT2D eigenvalue weighted by molar-refractivity contribution is 5.83. The van der Waals surface area contributed by atoms with E-state index < -0.39 is 0 Å². The van der Waals surface area contributed by atoms with Crippen molar-refractivity contribution in [1.29, 1.82) is 0 Å². The normalized spacial score (nSPS) is 10.8. The monoisotopic (exact) mass is 259 g/mol. The Kier molecular flexibility index (Phi) is 4.58. The molecule has 0 aliphatic heterocycles. The van der Waals surface area contributed by atoms with E-state index in [4.69, 9.17) is 0 Å². The fraction of sp³-hybridized carbons (Fsp3) is 0.400. The summed E-state index contributed by atoms with van der Waals surface area (Å²) in [6.45, 7) is 4.42. The van der Waals surface area contributed by atoms with Crippen molar-refractivity contribution in [2.24, 2.45) is 0 Å². The van der Waals surface area contributed by atoms with E-state index >= 15 is 0 Å². The van der Waals surface area contributed by atoms with Crippen LogP contribution in [0.25, 0.3) is 10.9 Å². The summed E-state index contributed by atoms with van der Waals surface area (Å²) in [6.07, 6.45) is 3.10. The molecule has 0 unspecified atom stereocenters. The summed E-state index contributed by atoms with van der Waals surface area (Å²) in [7, 11) is 1.66. The second-order valence-corrected chi connectivity index (χ2v) is 4.69. The highest BCUT2D eigenvalue weighted by Gasteiger charge is 2.05. The smallest absolute Gasteiger partial charge is 0.239 e. The van der Waals surface area contributed by atoms with Crippen LogP contribution in [0.3, 0.4) is 0 Å². The first kappa shape index (κ1) is 13.6. The molecule has 1 aromatic carbocycles. The van der Waals surface area contributed by atoms with Crippen molar-refractivity contribution in [2.45, 2.75) is 26.4 Å². The second-order valence-electron chi connectivity index (χ2n) is 4.69. The van der Waals surface area contributed by atoms with E-state index in [9.17, 15) is 4.79 Å². The van der Waals surface area contributed by atoms with Gasteiger partial charge in [0.2, 0.25) is 5.91 Å². The first-order valence-electron chi connectivity index (χ1n) is 6.73. The van der Waals surface area contributed by atoms with Crippen LogP contribution in [0.5, 0.6) is 0 Å². The molecule has 0 spiro atoms. The number of carbonyl (C=O) groups is 1. The van der Waals surface area contributed by atoms with E-state index in [1.54, 1.807) is 7.05 Å². The molecule has 1 aromatic heterocycles. The lowest BCUT2D eigenvalue weighted by Gasteiger charge is -2.07. The Bertz CT molecular complexity index is 560. The van der Waals surface area contributed by atoms with Gasteiger partial charge in [0.15, 0.2) is 0 Å². The minimum absolute atomic E-state index is 0.0204. The van der Waals surface area contributed by atoms with E-state index in [1.807, 2.05) is 16.8 Å². The maximum absolute atomic E-state index is 11.5. The number of benzene rings is 1. The van der Waals surface area contributed by atoms with Gasteiger partial charge in [-0.2, -0.15) is 0 Å². The minimum atomic E-state index is 0.0204. The molecule has 4 heteroatoms. The van der Waals surface area contributed by atoms with E-state index in [1.165, 1.54) is 10.9 Å². The highest BCUT2D eigenvalue weighted by Crippen LogP contribution is 2.17. The molecule has 0 radical (unpaired) electrons. The summed E-state index contributed by atoms with van der Waals surface area (Å²) in [6, 6.07) is 8.44. The van der Waals surface area contributed by atoms with Crippen molar-refractivity contribution >= 4 is 16.8 Å². The van der Waals surface area contributed by atoms with Crippen LogP contribution in [-0.2, 0) is 17.9 Å². The summed E-state index contributed by atoms with van der Waals surface area (Å²) < 4.78 is 1.98. The standard InChI is InChI=1S/C15H21N3O/c1-3-7-17-10-12-4-5-13-6-8-18(14(13)9-12)11-15(19)16-2/h4-6,8-9,17H,3,7,10-11H2,1-2H3,(H,16,19). The Labute approximate surface area is 113 Å². The van der Waals surface area contributed by atoms with Crippen molar-refractivity contribution in [3.05, 3.63) is 36.0 Å². The quantitative estimate of drug-likeness (QED) is 0.778. The molecule has 102 valence electrons. The lowest BCUT2D eigenvalue weighted by Crippen LogP contribution is -2.23. The molecule has 0 bridgehead atoms. The van der Waals surface area contributed by atoms with Crippen molar-refractivity contribution in [2.75, 3.05) is 13.6 Å². The first-order chi connectivity index (χ1) is 9.24. The first-order valence-corrected chi connectivity index (χ1v) is 6.73. The van der Waals surface area contributed by atoms with Crippen molar-refractivity contribution < 1.29 is 4.79 Å². The van der Waals surface area contributed by atoms with Gasteiger partial charge in [0.25, 0.3) is 0 Å². The van der Waals surface area contributed by atoms with Crippen molar-refractivity contribution in [3.63, 3.8) is 0 Å². The van der Waals surface area contributed by atoms with Crippen LogP contribution in [0.4, 0.5) is 0 Å². The number of likely N-dealkylation sites (N-methyl/N-ethyl adjacent to an activating group) is 1. The molecule has 1 amide bonds. The van der Waals surface area contributed by atoms with Gasteiger partial charge in [-0.3, -0.25) is 4.79 Å². The molecule has 1 heterocycles. The Morgan fingerprint density at radius 2 is 2.16 bits per heavy atom. The molecular weight excluding hydrogens is 238 g/mol. The van der Waals surface area contributed by atoms with E-state index in [0.29, 0.717) is 6.54 Å². The van der Waals surface area contributed by atoms with Gasteiger partial charge in [0, 0.05) is 25.3 Å². The molecule has 0 aliphatic carbocycles. The topological polar surface area (TPSA) is 46.1 Å². The largest absolute Gasteiger partial charge is 0.358 e. The summed E-state index contributed by atoms with van der Waals surface area (Å²) in [5.41, 5.74) is 2.36. The third-order valence-electron chi connectivity index (χ3n) is 3.19. The van der Waals surface area contributed by atoms with Crippen LogP contribution in [-0.4, -0.2) is 24.1 Å². The average Bonchev–Trinajstić information content (AvgIpc) is 2.82. The number of nitrogens with zero attached hydrogens (tertiary/aromatic N) is 1. The third-order valence-corrected chi connectivity index (χ3v) is 3.19. The predicted octanol–water partition coefficient (Wildman–Crippen LogP) is 1.89. The molecular formula is C15H21N3O. The molecule has 2 aromatic rings. The number of rotatable bonds is 6. The van der Waals surface area contributed by atoms with Crippen LogP contribution in [0, 0.1) is 0 Å². The van der Waals surface area contributed by atoms with Gasteiger partial charge < -0.3 is 15.2 Å². The van der Waals surface area contributed by atoms with Crippen molar-refractivity contribution in [1.82, 2.24) is 15.2 Å². The number of carbonyl (C=O) groups excluding carboxylic acids is 1. The maximum Gasteiger partial charge on any atom is 0.239 e.